The molecule has 0 aromatic heterocycles. The summed E-state index contributed by atoms with van der Waals surface area (Å²) in [5.74, 6) is -0.366. The zero-order valence-electron chi connectivity index (χ0n) is 13.7. The first-order chi connectivity index (χ1) is 11.5. The van der Waals surface area contributed by atoms with Crippen LogP contribution in [0.2, 0.25) is 5.02 Å². The van der Waals surface area contributed by atoms with Crippen LogP contribution in [0.15, 0.2) is 29.4 Å². The third-order valence-corrected chi connectivity index (χ3v) is 3.87. The van der Waals surface area contributed by atoms with E-state index in [1.807, 2.05) is 0 Å². The molecule has 0 unspecified atom stereocenters. The number of nitrogens with zero attached hydrogens (tertiary/aromatic N) is 1. The maximum atomic E-state index is 11.8. The van der Waals surface area contributed by atoms with Crippen LogP contribution in [-0.2, 0) is 20.7 Å². The topological polar surface area (TPSA) is 79.8 Å². The minimum absolute atomic E-state index is 0.116. The van der Waals surface area contributed by atoms with Crippen LogP contribution < -0.4 is 10.7 Å². The maximum Gasteiger partial charge on any atom is 0.244 e. The summed E-state index contributed by atoms with van der Waals surface area (Å²) in [6, 6.07) is 7.04. The van der Waals surface area contributed by atoms with Crippen LogP contribution in [0.3, 0.4) is 0 Å². The average Bonchev–Trinajstić information content (AvgIpc) is 3.07. The Hall–Kier alpha value is -1.92. The third kappa shape index (κ3) is 6.68. The van der Waals surface area contributed by atoms with Crippen molar-refractivity contribution in [3.8, 4) is 0 Å². The van der Waals surface area contributed by atoms with Crippen LogP contribution >= 0.6 is 11.6 Å². The molecule has 1 atom stereocenters. The first kappa shape index (κ1) is 18.4. The number of hydrogen-bond donors (Lipinski definition) is 2. The van der Waals surface area contributed by atoms with E-state index in [1.54, 1.807) is 31.2 Å². The quantitative estimate of drug-likeness (QED) is 0.583. The molecule has 1 aliphatic heterocycles. The molecule has 1 aliphatic rings. The van der Waals surface area contributed by atoms with Gasteiger partial charge in [-0.1, -0.05) is 23.7 Å². The molecule has 0 radical (unpaired) electrons. The molecular formula is C17H22ClN3O3. The molecule has 1 fully saturated rings. The van der Waals surface area contributed by atoms with Crippen molar-refractivity contribution >= 4 is 29.1 Å². The van der Waals surface area contributed by atoms with Crippen molar-refractivity contribution in [2.45, 2.75) is 38.7 Å². The molecule has 1 aromatic rings. The molecule has 130 valence electrons. The largest absolute Gasteiger partial charge is 0.376 e. The molecular weight excluding hydrogens is 330 g/mol. The van der Waals surface area contributed by atoms with Gasteiger partial charge in [0.2, 0.25) is 11.8 Å². The highest BCUT2D eigenvalue weighted by molar-refractivity contribution is 6.30. The molecule has 1 saturated heterocycles. The fourth-order valence-corrected chi connectivity index (χ4v) is 2.48. The van der Waals surface area contributed by atoms with Crippen molar-refractivity contribution in [2.75, 3.05) is 13.2 Å². The van der Waals surface area contributed by atoms with E-state index in [-0.39, 0.29) is 30.8 Å². The Kier molecular flexibility index (Phi) is 7.21. The lowest BCUT2D eigenvalue weighted by atomic mass is 10.1. The van der Waals surface area contributed by atoms with E-state index >= 15 is 0 Å². The van der Waals surface area contributed by atoms with Gasteiger partial charge in [-0.2, -0.15) is 5.10 Å². The molecule has 2 N–H and O–H groups in total. The van der Waals surface area contributed by atoms with E-state index in [2.05, 4.69) is 15.8 Å². The fraction of sp³-hybridized carbons (Fsp3) is 0.471. The smallest absolute Gasteiger partial charge is 0.244 e. The van der Waals surface area contributed by atoms with Crippen LogP contribution in [0.1, 0.15) is 31.7 Å². The zero-order valence-corrected chi connectivity index (χ0v) is 14.4. The molecule has 7 heteroatoms. The lowest BCUT2D eigenvalue weighted by molar-refractivity contribution is -0.121. The number of carbonyl (C=O) groups excluding carboxylic acids is 2. The Bertz CT molecular complexity index is 596. The zero-order chi connectivity index (χ0) is 17.4. The molecule has 6 nitrogen and oxygen atoms in total. The summed E-state index contributed by atoms with van der Waals surface area (Å²) < 4.78 is 5.44. The van der Waals surface area contributed by atoms with Gasteiger partial charge in [0.15, 0.2) is 0 Å². The van der Waals surface area contributed by atoms with Crippen molar-refractivity contribution in [1.29, 1.82) is 0 Å². The van der Waals surface area contributed by atoms with Gasteiger partial charge in [-0.05, 0) is 37.5 Å². The number of halogens is 1. The minimum atomic E-state index is -0.239. The van der Waals surface area contributed by atoms with E-state index < -0.39 is 0 Å². The van der Waals surface area contributed by atoms with Crippen molar-refractivity contribution < 1.29 is 14.3 Å². The van der Waals surface area contributed by atoms with Gasteiger partial charge in [0.25, 0.3) is 0 Å². The van der Waals surface area contributed by atoms with E-state index in [1.165, 1.54) is 0 Å². The Morgan fingerprint density at radius 1 is 1.29 bits per heavy atom. The first-order valence-corrected chi connectivity index (χ1v) is 8.35. The lowest BCUT2D eigenvalue weighted by Crippen LogP contribution is -2.33. The highest BCUT2D eigenvalue weighted by atomic mass is 35.5. The van der Waals surface area contributed by atoms with E-state index in [4.69, 9.17) is 16.3 Å². The number of nitrogens with one attached hydrogen (secondary N) is 2. The minimum Gasteiger partial charge on any atom is -0.376 e. The molecule has 1 aromatic carbocycles. The van der Waals surface area contributed by atoms with Gasteiger partial charge >= 0.3 is 0 Å². The SMILES string of the molecule is C/C(CC(=O)NC[C@@H]1CCCO1)=N/NC(=O)Cc1ccc(Cl)cc1. The standard InChI is InChI=1S/C17H22ClN3O3/c1-12(9-16(22)19-11-15-3-2-8-24-15)20-21-17(23)10-13-4-6-14(18)7-5-13/h4-7,15H,2-3,8-11H2,1H3,(H,19,22)(H,21,23)/b20-12-/t15-/m0/s1. The predicted octanol–water partition coefficient (Wildman–Crippen LogP) is 2.06. The van der Waals surface area contributed by atoms with Gasteiger partial charge in [0.05, 0.1) is 18.9 Å². The van der Waals surface area contributed by atoms with Crippen molar-refractivity contribution in [3.63, 3.8) is 0 Å². The highest BCUT2D eigenvalue weighted by Gasteiger charge is 2.16. The van der Waals surface area contributed by atoms with Crippen LogP contribution in [0.25, 0.3) is 0 Å². The van der Waals surface area contributed by atoms with Gasteiger partial charge in [-0.3, -0.25) is 9.59 Å². The summed E-state index contributed by atoms with van der Waals surface area (Å²) in [6.07, 6.45) is 2.49. The van der Waals surface area contributed by atoms with Gasteiger partial charge in [0.1, 0.15) is 0 Å². The molecule has 0 saturated carbocycles. The van der Waals surface area contributed by atoms with E-state index in [9.17, 15) is 9.59 Å². The summed E-state index contributed by atoms with van der Waals surface area (Å²) in [6.45, 7) is 2.99. The maximum absolute atomic E-state index is 11.8. The number of amides is 2. The third-order valence-electron chi connectivity index (χ3n) is 3.62. The number of hydrazone groups is 1. The Balaban J connectivity index is 1.68. The van der Waals surface area contributed by atoms with E-state index in [0.29, 0.717) is 17.3 Å². The second kappa shape index (κ2) is 9.39. The second-order valence-electron chi connectivity index (χ2n) is 5.80. The summed E-state index contributed by atoms with van der Waals surface area (Å²) in [5, 5.41) is 7.40. The Labute approximate surface area is 146 Å². The monoisotopic (exact) mass is 351 g/mol. The van der Waals surface area contributed by atoms with Crippen molar-refractivity contribution in [2.24, 2.45) is 5.10 Å². The molecule has 24 heavy (non-hydrogen) atoms. The van der Waals surface area contributed by atoms with Crippen LogP contribution in [0, 0.1) is 0 Å². The first-order valence-electron chi connectivity index (χ1n) is 7.97. The second-order valence-corrected chi connectivity index (χ2v) is 6.24. The van der Waals surface area contributed by atoms with Crippen molar-refractivity contribution in [1.82, 2.24) is 10.7 Å². The van der Waals surface area contributed by atoms with Gasteiger partial charge in [-0.15, -0.1) is 0 Å². The Morgan fingerprint density at radius 2 is 2.04 bits per heavy atom. The lowest BCUT2D eigenvalue weighted by Gasteiger charge is -2.10. The normalized spacial score (nSPS) is 17.6. The number of ether oxygens (including phenoxy) is 1. The summed E-state index contributed by atoms with van der Waals surface area (Å²) in [7, 11) is 0. The van der Waals surface area contributed by atoms with E-state index in [0.717, 1.165) is 25.0 Å². The predicted molar refractivity (Wildman–Crippen MR) is 93.0 cm³/mol. The molecule has 2 rings (SSSR count). The molecule has 1 heterocycles. The number of hydrogen-bond acceptors (Lipinski definition) is 4. The fourth-order valence-electron chi connectivity index (χ4n) is 2.35. The number of carbonyl (C=O) groups is 2. The molecule has 0 spiro atoms. The summed E-state index contributed by atoms with van der Waals surface area (Å²) in [4.78, 5) is 23.6. The average molecular weight is 352 g/mol. The van der Waals surface area contributed by atoms with Gasteiger partial charge in [-0.25, -0.2) is 5.43 Å². The highest BCUT2D eigenvalue weighted by Crippen LogP contribution is 2.11. The summed E-state index contributed by atoms with van der Waals surface area (Å²) in [5.41, 5.74) is 3.85. The number of benzene rings is 1. The van der Waals surface area contributed by atoms with Crippen LogP contribution in [0.4, 0.5) is 0 Å². The van der Waals surface area contributed by atoms with Gasteiger partial charge < -0.3 is 10.1 Å². The van der Waals surface area contributed by atoms with Crippen molar-refractivity contribution in [3.05, 3.63) is 34.9 Å². The molecule has 2 amide bonds. The van der Waals surface area contributed by atoms with Crippen LogP contribution in [0.5, 0.6) is 0 Å². The molecule has 0 aliphatic carbocycles. The Morgan fingerprint density at radius 3 is 2.71 bits per heavy atom. The molecule has 0 bridgehead atoms. The number of rotatable bonds is 7. The summed E-state index contributed by atoms with van der Waals surface area (Å²) >= 11 is 5.80. The van der Waals surface area contributed by atoms with Crippen LogP contribution in [-0.4, -0.2) is 36.8 Å². The van der Waals surface area contributed by atoms with Gasteiger partial charge in [0, 0.05) is 23.9 Å².